The maximum atomic E-state index is 13.1. The quantitative estimate of drug-likeness (QED) is 0.596. The van der Waals surface area contributed by atoms with Gasteiger partial charge in [-0.1, -0.05) is 24.4 Å². The Labute approximate surface area is 188 Å². The van der Waals surface area contributed by atoms with Gasteiger partial charge in [-0.3, -0.25) is 14.2 Å². The molecule has 32 heavy (non-hydrogen) atoms. The molecule has 1 N–H and O–H groups in total. The van der Waals surface area contributed by atoms with Gasteiger partial charge in [-0.2, -0.15) is 0 Å². The van der Waals surface area contributed by atoms with Crippen molar-refractivity contribution < 1.29 is 18.7 Å². The van der Waals surface area contributed by atoms with Gasteiger partial charge in [0.25, 0.3) is 11.5 Å². The Bertz CT molecular complexity index is 1260. The molecule has 9 heteroatoms. The summed E-state index contributed by atoms with van der Waals surface area (Å²) in [6.07, 6.45) is 4.82. The summed E-state index contributed by atoms with van der Waals surface area (Å²) in [5.41, 5.74) is 0.718. The molecule has 0 bridgehead atoms. The first-order chi connectivity index (χ1) is 15.4. The highest BCUT2D eigenvalue weighted by atomic mass is 35.5. The van der Waals surface area contributed by atoms with Crippen LogP contribution in [-0.4, -0.2) is 28.0 Å². The molecule has 2 aromatic carbocycles. The number of carbonyl (C=O) groups is 2. The Balaban J connectivity index is 1.48. The second-order valence-corrected chi connectivity index (χ2v) is 8.04. The molecule has 3 aromatic rings. The van der Waals surface area contributed by atoms with Crippen molar-refractivity contribution in [2.75, 3.05) is 11.9 Å². The zero-order chi connectivity index (χ0) is 22.7. The van der Waals surface area contributed by atoms with Crippen LogP contribution in [0.5, 0.6) is 0 Å². The standard InChI is InChI=1S/C23H21ClFN3O4/c24-17-12-15(25)7-9-18(17)27-21(29)13-32-23(31)14-6-8-16-19(11-14)26-20-5-3-1-2-4-10-28(20)22(16)30/h6-9,11-12H,1-5,10,13H2,(H,27,29). The van der Waals surface area contributed by atoms with Crippen LogP contribution in [0.1, 0.15) is 41.9 Å². The van der Waals surface area contributed by atoms with Crippen molar-refractivity contribution in [2.45, 2.75) is 38.6 Å². The molecule has 1 aliphatic heterocycles. The number of benzene rings is 2. The highest BCUT2D eigenvalue weighted by Crippen LogP contribution is 2.22. The average molecular weight is 458 g/mol. The van der Waals surface area contributed by atoms with Gasteiger partial charge in [-0.25, -0.2) is 14.2 Å². The summed E-state index contributed by atoms with van der Waals surface area (Å²) in [5, 5.41) is 2.93. The number of nitrogens with one attached hydrogen (secondary N) is 1. The number of carbonyl (C=O) groups excluding carboxylic acids is 2. The van der Waals surface area contributed by atoms with E-state index in [2.05, 4.69) is 10.3 Å². The number of hydrogen-bond donors (Lipinski definition) is 1. The number of halogens is 2. The topological polar surface area (TPSA) is 90.3 Å². The zero-order valence-corrected chi connectivity index (χ0v) is 18.0. The van der Waals surface area contributed by atoms with Crippen LogP contribution in [0, 0.1) is 5.82 Å². The van der Waals surface area contributed by atoms with E-state index in [0.29, 0.717) is 23.9 Å². The number of hydrogen-bond acceptors (Lipinski definition) is 5. The number of anilines is 1. The van der Waals surface area contributed by atoms with Crippen LogP contribution in [0.15, 0.2) is 41.2 Å². The minimum absolute atomic E-state index is 0.0337. The third kappa shape index (κ3) is 4.80. The van der Waals surface area contributed by atoms with Crippen LogP contribution in [0.25, 0.3) is 10.9 Å². The van der Waals surface area contributed by atoms with Crippen molar-refractivity contribution in [3.8, 4) is 0 Å². The van der Waals surface area contributed by atoms with E-state index in [1.54, 1.807) is 10.6 Å². The molecule has 1 aliphatic rings. The lowest BCUT2D eigenvalue weighted by atomic mass is 10.1. The van der Waals surface area contributed by atoms with Gasteiger partial charge < -0.3 is 10.1 Å². The predicted octanol–water partition coefficient (Wildman–Crippen LogP) is 4.10. The molecule has 0 radical (unpaired) electrons. The molecule has 4 rings (SSSR count). The summed E-state index contributed by atoms with van der Waals surface area (Å²) in [4.78, 5) is 42.0. The summed E-state index contributed by atoms with van der Waals surface area (Å²) < 4.78 is 19.9. The molecule has 0 saturated carbocycles. The Hall–Kier alpha value is -3.26. The van der Waals surface area contributed by atoms with Gasteiger partial charge in [0.15, 0.2) is 6.61 Å². The third-order valence-electron chi connectivity index (χ3n) is 5.34. The molecular formula is C23H21ClFN3O4. The monoisotopic (exact) mass is 457 g/mol. The maximum absolute atomic E-state index is 13.1. The average Bonchev–Trinajstić information content (AvgIpc) is 2.75. The number of rotatable bonds is 4. The first kappa shape index (κ1) is 22.0. The number of aryl methyl sites for hydroxylation is 1. The smallest absolute Gasteiger partial charge is 0.338 e. The Kier molecular flexibility index (Phi) is 6.50. The van der Waals surface area contributed by atoms with E-state index in [-0.39, 0.29) is 21.8 Å². The fraction of sp³-hybridized carbons (Fsp3) is 0.304. The summed E-state index contributed by atoms with van der Waals surface area (Å²) in [6, 6.07) is 8.09. The van der Waals surface area contributed by atoms with Gasteiger partial charge in [0.05, 0.1) is 27.2 Å². The van der Waals surface area contributed by atoms with E-state index in [0.717, 1.165) is 43.6 Å². The molecule has 1 amide bonds. The number of aromatic nitrogens is 2. The summed E-state index contributed by atoms with van der Waals surface area (Å²) in [6.45, 7) is 0.0962. The van der Waals surface area contributed by atoms with Crippen LogP contribution < -0.4 is 10.9 Å². The van der Waals surface area contributed by atoms with Gasteiger partial charge in [0.2, 0.25) is 0 Å². The molecule has 0 spiro atoms. The second-order valence-electron chi connectivity index (χ2n) is 7.63. The van der Waals surface area contributed by atoms with Crippen molar-refractivity contribution in [1.82, 2.24) is 9.55 Å². The molecule has 0 saturated heterocycles. The number of nitrogens with zero attached hydrogens (tertiary/aromatic N) is 2. The lowest BCUT2D eigenvalue weighted by Crippen LogP contribution is -2.26. The van der Waals surface area contributed by atoms with Gasteiger partial charge >= 0.3 is 5.97 Å². The molecule has 2 heterocycles. The van der Waals surface area contributed by atoms with Gasteiger partial charge in [0.1, 0.15) is 11.6 Å². The first-order valence-corrected chi connectivity index (χ1v) is 10.8. The Morgan fingerprint density at radius 2 is 1.94 bits per heavy atom. The normalized spacial score (nSPS) is 13.7. The molecular weight excluding hydrogens is 437 g/mol. The van der Waals surface area contributed by atoms with Crippen LogP contribution in [0.2, 0.25) is 5.02 Å². The summed E-state index contributed by atoms with van der Waals surface area (Å²) in [7, 11) is 0. The van der Waals surface area contributed by atoms with Gasteiger partial charge in [0, 0.05) is 13.0 Å². The van der Waals surface area contributed by atoms with Crippen molar-refractivity contribution >= 4 is 40.1 Å². The fourth-order valence-electron chi connectivity index (χ4n) is 3.71. The van der Waals surface area contributed by atoms with Crippen LogP contribution in [0.3, 0.4) is 0 Å². The minimum atomic E-state index is -0.721. The number of fused-ring (bicyclic) bond motifs is 2. The van der Waals surface area contributed by atoms with Crippen molar-refractivity contribution in [3.63, 3.8) is 0 Å². The van der Waals surface area contributed by atoms with E-state index in [1.807, 2.05) is 0 Å². The molecule has 0 unspecified atom stereocenters. The van der Waals surface area contributed by atoms with Crippen LogP contribution in [-0.2, 0) is 22.5 Å². The zero-order valence-electron chi connectivity index (χ0n) is 17.2. The summed E-state index contributed by atoms with van der Waals surface area (Å²) >= 11 is 5.87. The Morgan fingerprint density at radius 3 is 2.75 bits per heavy atom. The maximum Gasteiger partial charge on any atom is 0.338 e. The highest BCUT2D eigenvalue weighted by molar-refractivity contribution is 6.33. The molecule has 166 valence electrons. The number of esters is 1. The van der Waals surface area contributed by atoms with E-state index >= 15 is 0 Å². The lowest BCUT2D eigenvalue weighted by molar-refractivity contribution is -0.119. The van der Waals surface area contributed by atoms with Crippen molar-refractivity contribution in [1.29, 1.82) is 0 Å². The number of amides is 1. The fourth-order valence-corrected chi connectivity index (χ4v) is 3.93. The SMILES string of the molecule is O=C(COC(=O)c1ccc2c(=O)n3c(nc2c1)CCCCCC3)Nc1ccc(F)cc1Cl. The van der Waals surface area contributed by atoms with E-state index in [9.17, 15) is 18.8 Å². The lowest BCUT2D eigenvalue weighted by Gasteiger charge is -2.16. The predicted molar refractivity (Wildman–Crippen MR) is 118 cm³/mol. The second kappa shape index (κ2) is 9.48. The van der Waals surface area contributed by atoms with E-state index in [4.69, 9.17) is 16.3 Å². The van der Waals surface area contributed by atoms with Crippen molar-refractivity contribution in [2.24, 2.45) is 0 Å². The first-order valence-electron chi connectivity index (χ1n) is 10.4. The molecule has 1 aromatic heterocycles. The number of ether oxygens (including phenoxy) is 1. The molecule has 0 fully saturated rings. The van der Waals surface area contributed by atoms with E-state index in [1.165, 1.54) is 18.2 Å². The minimum Gasteiger partial charge on any atom is -0.452 e. The molecule has 7 nitrogen and oxygen atoms in total. The van der Waals surface area contributed by atoms with E-state index < -0.39 is 24.3 Å². The largest absolute Gasteiger partial charge is 0.452 e. The molecule has 0 aliphatic carbocycles. The third-order valence-corrected chi connectivity index (χ3v) is 5.65. The van der Waals surface area contributed by atoms with Gasteiger partial charge in [-0.15, -0.1) is 0 Å². The summed E-state index contributed by atoms with van der Waals surface area (Å²) in [5.74, 6) is -1.15. The Morgan fingerprint density at radius 1 is 1.12 bits per heavy atom. The molecule has 0 atom stereocenters. The van der Waals surface area contributed by atoms with Gasteiger partial charge in [-0.05, 0) is 49.2 Å². The van der Waals surface area contributed by atoms with Crippen molar-refractivity contribution in [3.05, 3.63) is 69.0 Å². The highest BCUT2D eigenvalue weighted by Gasteiger charge is 2.16. The van der Waals surface area contributed by atoms with Crippen LogP contribution in [0.4, 0.5) is 10.1 Å². The van der Waals surface area contributed by atoms with Crippen LogP contribution >= 0.6 is 11.6 Å².